The maximum absolute atomic E-state index is 5.39. The first-order chi connectivity index (χ1) is 15.1. The second-order valence-corrected chi connectivity index (χ2v) is 7.06. The fourth-order valence-corrected chi connectivity index (χ4v) is 3.21. The average Bonchev–Trinajstić information content (AvgIpc) is 3.26. The fourth-order valence-electron chi connectivity index (χ4n) is 3.21. The highest BCUT2D eigenvalue weighted by molar-refractivity contribution is 5.70. The second kappa shape index (κ2) is 9.30. The van der Waals surface area contributed by atoms with Crippen molar-refractivity contribution in [1.29, 1.82) is 0 Å². The second-order valence-electron chi connectivity index (χ2n) is 7.06. The Bertz CT molecular complexity index is 1160. The molecule has 158 valence electrons. The van der Waals surface area contributed by atoms with Crippen LogP contribution in [-0.2, 0) is 6.42 Å². The van der Waals surface area contributed by atoms with Crippen LogP contribution < -0.4 is 14.8 Å². The van der Waals surface area contributed by atoms with Gasteiger partial charge in [-0.1, -0.05) is 35.5 Å². The minimum absolute atomic E-state index is 0.311. The maximum Gasteiger partial charge on any atom is 0.318 e. The lowest BCUT2D eigenvalue weighted by Crippen LogP contribution is -2.08. The number of nitrogens with one attached hydrogen (secondary N) is 1. The minimum atomic E-state index is 0.311. The van der Waals surface area contributed by atoms with E-state index in [0.717, 1.165) is 47.0 Å². The van der Waals surface area contributed by atoms with Crippen LogP contribution in [0, 0.1) is 6.92 Å². The van der Waals surface area contributed by atoms with Crippen LogP contribution >= 0.6 is 0 Å². The Morgan fingerprint density at radius 1 is 0.903 bits per heavy atom. The van der Waals surface area contributed by atoms with Gasteiger partial charge in [0.1, 0.15) is 11.6 Å². The molecule has 1 N–H and O–H groups in total. The summed E-state index contributed by atoms with van der Waals surface area (Å²) in [6.07, 6.45) is 0.853. The molecule has 0 saturated heterocycles. The van der Waals surface area contributed by atoms with Crippen molar-refractivity contribution < 1.29 is 14.0 Å². The van der Waals surface area contributed by atoms with Crippen LogP contribution in [0.15, 0.2) is 65.2 Å². The van der Waals surface area contributed by atoms with E-state index in [2.05, 4.69) is 32.6 Å². The molecule has 2 aromatic carbocycles. The SMILES string of the molecule is COc1ccc(CCNc2cc(-c3cccc(-c4cc(C)no4)c3)nc(OC)n2)cc1. The lowest BCUT2D eigenvalue weighted by Gasteiger charge is -2.10. The zero-order valence-electron chi connectivity index (χ0n) is 17.8. The number of ether oxygens (including phenoxy) is 2. The molecule has 0 unspecified atom stereocenters. The van der Waals surface area contributed by atoms with E-state index in [1.54, 1.807) is 14.2 Å². The summed E-state index contributed by atoms with van der Waals surface area (Å²) in [7, 11) is 3.23. The summed E-state index contributed by atoms with van der Waals surface area (Å²) in [5.74, 6) is 2.28. The van der Waals surface area contributed by atoms with Crippen molar-refractivity contribution in [2.24, 2.45) is 0 Å². The lowest BCUT2D eigenvalue weighted by molar-refractivity contribution is 0.381. The molecule has 0 fully saturated rings. The molecule has 0 aliphatic heterocycles. The third-order valence-electron chi connectivity index (χ3n) is 4.84. The van der Waals surface area contributed by atoms with Gasteiger partial charge in [0, 0.05) is 29.8 Å². The highest BCUT2D eigenvalue weighted by Crippen LogP contribution is 2.28. The molecule has 0 aliphatic rings. The number of aryl methyl sites for hydroxylation is 1. The van der Waals surface area contributed by atoms with Gasteiger partial charge in [-0.15, -0.1) is 0 Å². The molecule has 0 aliphatic carbocycles. The molecule has 7 nitrogen and oxygen atoms in total. The number of nitrogens with zero attached hydrogens (tertiary/aromatic N) is 3. The number of hydrogen-bond acceptors (Lipinski definition) is 7. The summed E-state index contributed by atoms with van der Waals surface area (Å²) in [4.78, 5) is 8.94. The first-order valence-electron chi connectivity index (χ1n) is 9.98. The van der Waals surface area contributed by atoms with Crippen LogP contribution in [0.5, 0.6) is 11.8 Å². The van der Waals surface area contributed by atoms with Gasteiger partial charge in [0.15, 0.2) is 5.76 Å². The van der Waals surface area contributed by atoms with Crippen LogP contribution in [0.4, 0.5) is 5.82 Å². The smallest absolute Gasteiger partial charge is 0.318 e. The number of methoxy groups -OCH3 is 2. The fraction of sp³-hybridized carbons (Fsp3) is 0.208. The molecule has 4 rings (SSSR count). The van der Waals surface area contributed by atoms with Gasteiger partial charge in [0.2, 0.25) is 0 Å². The Morgan fingerprint density at radius 2 is 1.71 bits per heavy atom. The van der Waals surface area contributed by atoms with Gasteiger partial charge < -0.3 is 19.3 Å². The van der Waals surface area contributed by atoms with Gasteiger partial charge in [-0.3, -0.25) is 0 Å². The molecule has 0 atom stereocenters. The third kappa shape index (κ3) is 5.01. The zero-order chi connectivity index (χ0) is 21.6. The van der Waals surface area contributed by atoms with E-state index in [0.29, 0.717) is 11.8 Å². The molecule has 0 bridgehead atoms. The largest absolute Gasteiger partial charge is 0.497 e. The monoisotopic (exact) mass is 416 g/mol. The number of rotatable bonds is 8. The molecule has 0 radical (unpaired) electrons. The Kier molecular flexibility index (Phi) is 6.12. The van der Waals surface area contributed by atoms with Gasteiger partial charge >= 0.3 is 6.01 Å². The summed E-state index contributed by atoms with van der Waals surface area (Å²) < 4.78 is 15.9. The number of hydrogen-bond donors (Lipinski definition) is 1. The van der Waals surface area contributed by atoms with Crippen molar-refractivity contribution in [2.45, 2.75) is 13.3 Å². The van der Waals surface area contributed by atoms with Crippen molar-refractivity contribution in [3.63, 3.8) is 0 Å². The highest BCUT2D eigenvalue weighted by Gasteiger charge is 2.10. The van der Waals surface area contributed by atoms with Gasteiger partial charge in [-0.25, -0.2) is 0 Å². The van der Waals surface area contributed by atoms with Crippen molar-refractivity contribution in [1.82, 2.24) is 15.1 Å². The zero-order valence-corrected chi connectivity index (χ0v) is 17.8. The van der Waals surface area contributed by atoms with Crippen LogP contribution in [0.25, 0.3) is 22.6 Å². The molecule has 7 heteroatoms. The first kappa shape index (κ1) is 20.4. The quantitative estimate of drug-likeness (QED) is 0.443. The number of aromatic nitrogens is 3. The molecule has 0 saturated carbocycles. The maximum atomic E-state index is 5.39. The summed E-state index contributed by atoms with van der Waals surface area (Å²) >= 11 is 0. The Labute approximate surface area is 181 Å². The van der Waals surface area contributed by atoms with Gasteiger partial charge in [-0.2, -0.15) is 9.97 Å². The number of anilines is 1. The highest BCUT2D eigenvalue weighted by atomic mass is 16.5. The predicted octanol–water partition coefficient (Wildman–Crippen LogP) is 4.78. The van der Waals surface area contributed by atoms with Crippen molar-refractivity contribution >= 4 is 5.82 Å². The molecular weight excluding hydrogens is 392 g/mol. The molecule has 0 spiro atoms. The van der Waals surface area contributed by atoms with Gasteiger partial charge in [-0.05, 0) is 37.1 Å². The van der Waals surface area contributed by atoms with E-state index < -0.39 is 0 Å². The van der Waals surface area contributed by atoms with Crippen molar-refractivity contribution in [3.8, 4) is 34.3 Å². The summed E-state index contributed by atoms with van der Waals surface area (Å²) in [5, 5.41) is 7.33. The Hall–Kier alpha value is -3.87. The average molecular weight is 416 g/mol. The summed E-state index contributed by atoms with van der Waals surface area (Å²) in [6, 6.07) is 20.1. The Morgan fingerprint density at radius 3 is 2.42 bits per heavy atom. The lowest BCUT2D eigenvalue weighted by atomic mass is 10.1. The van der Waals surface area contributed by atoms with Crippen LogP contribution in [0.3, 0.4) is 0 Å². The van der Waals surface area contributed by atoms with E-state index in [9.17, 15) is 0 Å². The van der Waals surface area contributed by atoms with E-state index >= 15 is 0 Å². The molecule has 4 aromatic rings. The van der Waals surface area contributed by atoms with E-state index in [-0.39, 0.29) is 0 Å². The molecule has 2 heterocycles. The van der Waals surface area contributed by atoms with E-state index in [1.807, 2.05) is 55.5 Å². The normalized spacial score (nSPS) is 10.7. The van der Waals surface area contributed by atoms with Crippen molar-refractivity contribution in [3.05, 3.63) is 71.9 Å². The summed E-state index contributed by atoms with van der Waals surface area (Å²) in [6.45, 7) is 2.62. The standard InChI is InChI=1S/C24H24N4O3/c1-16-13-22(31-28-16)19-6-4-5-18(14-19)21-15-23(27-24(26-21)30-3)25-12-11-17-7-9-20(29-2)10-8-17/h4-10,13-15H,11-12H2,1-3H3,(H,25,26,27). The van der Waals surface area contributed by atoms with Gasteiger partial charge in [0.05, 0.1) is 25.6 Å². The first-order valence-corrected chi connectivity index (χ1v) is 9.98. The van der Waals surface area contributed by atoms with E-state index in [1.165, 1.54) is 5.56 Å². The molecule has 2 aromatic heterocycles. The number of benzene rings is 2. The topological polar surface area (TPSA) is 82.3 Å². The third-order valence-corrected chi connectivity index (χ3v) is 4.84. The van der Waals surface area contributed by atoms with Crippen LogP contribution in [0.2, 0.25) is 0 Å². The molecular formula is C24H24N4O3. The van der Waals surface area contributed by atoms with E-state index in [4.69, 9.17) is 14.0 Å². The van der Waals surface area contributed by atoms with Gasteiger partial charge in [0.25, 0.3) is 0 Å². The predicted molar refractivity (Wildman–Crippen MR) is 119 cm³/mol. The minimum Gasteiger partial charge on any atom is -0.497 e. The summed E-state index contributed by atoms with van der Waals surface area (Å²) in [5.41, 5.74) is 4.68. The van der Waals surface area contributed by atoms with Crippen LogP contribution in [0.1, 0.15) is 11.3 Å². The van der Waals surface area contributed by atoms with Crippen LogP contribution in [-0.4, -0.2) is 35.9 Å². The molecule has 31 heavy (non-hydrogen) atoms. The van der Waals surface area contributed by atoms with Crippen molar-refractivity contribution in [2.75, 3.05) is 26.1 Å². The Balaban J connectivity index is 1.52. The molecule has 0 amide bonds.